The van der Waals surface area contributed by atoms with Crippen molar-refractivity contribution < 1.29 is 19.1 Å². The fourth-order valence-corrected chi connectivity index (χ4v) is 2.58. The molecule has 0 fully saturated rings. The lowest BCUT2D eigenvalue weighted by atomic mass is 9.97. The molecule has 5 heteroatoms. The number of fused-ring (bicyclic) bond motifs is 2. The highest BCUT2D eigenvalue weighted by Crippen LogP contribution is 2.31. The molecule has 0 atom stereocenters. The van der Waals surface area contributed by atoms with Gasteiger partial charge in [-0.05, 0) is 36.8 Å². The summed E-state index contributed by atoms with van der Waals surface area (Å²) in [6.07, 6.45) is 0.748. The monoisotopic (exact) mass is 330 g/mol. The number of halogens is 1. The number of benzene rings is 2. The van der Waals surface area contributed by atoms with Crippen LogP contribution in [0.4, 0.5) is 0 Å². The van der Waals surface area contributed by atoms with Crippen LogP contribution in [0.3, 0.4) is 0 Å². The van der Waals surface area contributed by atoms with Gasteiger partial charge < -0.3 is 9.47 Å². The Kier molecular flexibility index (Phi) is 4.35. The number of esters is 1. The predicted octanol–water partition coefficient (Wildman–Crippen LogP) is 4.03. The molecule has 2 aromatic rings. The molecule has 0 saturated carbocycles. The van der Waals surface area contributed by atoms with E-state index in [-0.39, 0.29) is 12.4 Å². The van der Waals surface area contributed by atoms with Crippen LogP contribution in [0.1, 0.15) is 45.2 Å². The summed E-state index contributed by atoms with van der Waals surface area (Å²) in [6, 6.07) is 9.85. The lowest BCUT2D eigenvalue weighted by molar-refractivity contribution is 0.0505. The predicted molar refractivity (Wildman–Crippen MR) is 86.2 cm³/mol. The van der Waals surface area contributed by atoms with E-state index in [0.29, 0.717) is 34.1 Å². The Morgan fingerprint density at radius 3 is 2.83 bits per heavy atom. The Morgan fingerprint density at radius 2 is 2.04 bits per heavy atom. The summed E-state index contributed by atoms with van der Waals surface area (Å²) < 4.78 is 10.8. The first-order chi connectivity index (χ1) is 11.1. The first kappa shape index (κ1) is 15.6. The number of carbonyl (C=O) groups is 2. The number of ether oxygens (including phenoxy) is 2. The van der Waals surface area contributed by atoms with Crippen molar-refractivity contribution in [3.8, 4) is 5.75 Å². The highest BCUT2D eigenvalue weighted by molar-refractivity contribution is 6.31. The van der Waals surface area contributed by atoms with E-state index in [1.807, 2.05) is 6.92 Å². The molecular weight excluding hydrogens is 316 g/mol. The standard InChI is InChI=1S/C18H15ClO4/c1-2-7-22-18(21)11-3-4-12-10-23-16-9-13(19)5-6-14(16)17(20)15(12)8-11/h3-6,8-9H,2,7,10H2,1H3. The maximum absolute atomic E-state index is 12.8. The van der Waals surface area contributed by atoms with E-state index in [1.54, 1.807) is 36.4 Å². The lowest BCUT2D eigenvalue weighted by Crippen LogP contribution is -2.09. The molecule has 0 spiro atoms. The van der Waals surface area contributed by atoms with E-state index in [1.165, 1.54) is 0 Å². The Labute approximate surface area is 139 Å². The van der Waals surface area contributed by atoms with Crippen molar-refractivity contribution in [1.82, 2.24) is 0 Å². The van der Waals surface area contributed by atoms with Gasteiger partial charge in [-0.2, -0.15) is 0 Å². The maximum atomic E-state index is 12.8. The summed E-state index contributed by atoms with van der Waals surface area (Å²) in [5.74, 6) is -0.160. The van der Waals surface area contributed by atoms with Gasteiger partial charge in [-0.1, -0.05) is 24.6 Å². The lowest BCUT2D eigenvalue weighted by Gasteiger charge is -2.07. The molecule has 2 aromatic carbocycles. The fraction of sp³-hybridized carbons (Fsp3) is 0.222. The third kappa shape index (κ3) is 3.08. The van der Waals surface area contributed by atoms with Gasteiger partial charge in [-0.15, -0.1) is 0 Å². The van der Waals surface area contributed by atoms with Gasteiger partial charge in [-0.3, -0.25) is 4.79 Å². The molecule has 0 aliphatic carbocycles. The minimum absolute atomic E-state index is 0.186. The number of hydrogen-bond donors (Lipinski definition) is 0. The highest BCUT2D eigenvalue weighted by atomic mass is 35.5. The second kappa shape index (κ2) is 6.42. The van der Waals surface area contributed by atoms with E-state index >= 15 is 0 Å². The summed E-state index contributed by atoms with van der Waals surface area (Å²) in [7, 11) is 0. The Hall–Kier alpha value is -2.33. The number of carbonyl (C=O) groups excluding carboxylic acids is 2. The highest BCUT2D eigenvalue weighted by Gasteiger charge is 2.24. The van der Waals surface area contributed by atoms with Crippen molar-refractivity contribution in [1.29, 1.82) is 0 Å². The molecule has 23 heavy (non-hydrogen) atoms. The van der Waals surface area contributed by atoms with Crippen LogP contribution in [0.2, 0.25) is 5.02 Å². The quantitative estimate of drug-likeness (QED) is 0.797. The van der Waals surface area contributed by atoms with Gasteiger partial charge in [-0.25, -0.2) is 4.79 Å². The van der Waals surface area contributed by atoms with Crippen LogP contribution in [0.15, 0.2) is 36.4 Å². The third-order valence-corrected chi connectivity index (χ3v) is 3.83. The first-order valence-electron chi connectivity index (χ1n) is 7.37. The summed E-state index contributed by atoms with van der Waals surface area (Å²) in [5, 5.41) is 0.506. The van der Waals surface area contributed by atoms with E-state index in [9.17, 15) is 9.59 Å². The molecule has 0 N–H and O–H groups in total. The van der Waals surface area contributed by atoms with Crippen molar-refractivity contribution >= 4 is 23.4 Å². The molecule has 118 valence electrons. The van der Waals surface area contributed by atoms with Gasteiger partial charge in [0.25, 0.3) is 0 Å². The average Bonchev–Trinajstić information content (AvgIpc) is 2.69. The van der Waals surface area contributed by atoms with Gasteiger partial charge in [0.2, 0.25) is 0 Å². The van der Waals surface area contributed by atoms with Crippen molar-refractivity contribution in [2.24, 2.45) is 0 Å². The second-order valence-corrected chi connectivity index (χ2v) is 5.70. The minimum Gasteiger partial charge on any atom is -0.488 e. The normalized spacial score (nSPS) is 12.7. The number of hydrogen-bond acceptors (Lipinski definition) is 4. The third-order valence-electron chi connectivity index (χ3n) is 3.60. The van der Waals surface area contributed by atoms with Crippen LogP contribution < -0.4 is 4.74 Å². The first-order valence-corrected chi connectivity index (χ1v) is 7.75. The van der Waals surface area contributed by atoms with E-state index < -0.39 is 5.97 Å². The number of rotatable bonds is 3. The van der Waals surface area contributed by atoms with Gasteiger partial charge in [0.15, 0.2) is 5.78 Å². The molecular formula is C18H15ClO4. The van der Waals surface area contributed by atoms with Gasteiger partial charge >= 0.3 is 5.97 Å². The van der Waals surface area contributed by atoms with Crippen LogP contribution in [0.25, 0.3) is 0 Å². The largest absolute Gasteiger partial charge is 0.488 e. The second-order valence-electron chi connectivity index (χ2n) is 5.27. The van der Waals surface area contributed by atoms with Crippen LogP contribution >= 0.6 is 11.6 Å². The van der Waals surface area contributed by atoms with Crippen LogP contribution in [0.5, 0.6) is 5.75 Å². The van der Waals surface area contributed by atoms with E-state index in [0.717, 1.165) is 12.0 Å². The molecule has 0 aromatic heterocycles. The summed E-state index contributed by atoms with van der Waals surface area (Å²) in [6.45, 7) is 2.53. The summed E-state index contributed by atoms with van der Waals surface area (Å²) >= 11 is 5.95. The molecule has 1 heterocycles. The maximum Gasteiger partial charge on any atom is 0.338 e. The van der Waals surface area contributed by atoms with Gasteiger partial charge in [0.05, 0.1) is 17.7 Å². The summed E-state index contributed by atoms with van der Waals surface area (Å²) in [4.78, 5) is 24.7. The molecule has 3 rings (SSSR count). The van der Waals surface area contributed by atoms with Crippen molar-refractivity contribution in [3.63, 3.8) is 0 Å². The van der Waals surface area contributed by atoms with Gasteiger partial charge in [0.1, 0.15) is 12.4 Å². The number of ketones is 1. The zero-order chi connectivity index (χ0) is 16.4. The van der Waals surface area contributed by atoms with E-state index in [4.69, 9.17) is 21.1 Å². The van der Waals surface area contributed by atoms with Gasteiger partial charge in [0, 0.05) is 16.1 Å². The molecule has 1 aliphatic rings. The topological polar surface area (TPSA) is 52.6 Å². The zero-order valence-corrected chi connectivity index (χ0v) is 13.4. The fourth-order valence-electron chi connectivity index (χ4n) is 2.42. The molecule has 0 amide bonds. The molecule has 1 aliphatic heterocycles. The van der Waals surface area contributed by atoms with Crippen molar-refractivity contribution in [2.75, 3.05) is 6.61 Å². The molecule has 4 nitrogen and oxygen atoms in total. The van der Waals surface area contributed by atoms with Crippen molar-refractivity contribution in [3.05, 3.63) is 63.7 Å². The van der Waals surface area contributed by atoms with Crippen LogP contribution in [0, 0.1) is 0 Å². The van der Waals surface area contributed by atoms with E-state index in [2.05, 4.69) is 0 Å². The summed E-state index contributed by atoms with van der Waals surface area (Å²) in [5.41, 5.74) is 1.99. The van der Waals surface area contributed by atoms with Crippen LogP contribution in [-0.2, 0) is 11.3 Å². The molecule has 0 radical (unpaired) electrons. The molecule has 0 unspecified atom stereocenters. The SMILES string of the molecule is CCCOC(=O)c1ccc2c(c1)C(=O)c1ccc(Cl)cc1OC2. The minimum atomic E-state index is -0.427. The van der Waals surface area contributed by atoms with Crippen molar-refractivity contribution in [2.45, 2.75) is 20.0 Å². The molecule has 0 saturated heterocycles. The smallest absolute Gasteiger partial charge is 0.338 e. The Balaban J connectivity index is 2.00. The Morgan fingerprint density at radius 1 is 1.22 bits per heavy atom. The zero-order valence-electron chi connectivity index (χ0n) is 12.6. The average molecular weight is 331 g/mol. The van der Waals surface area contributed by atoms with Crippen LogP contribution in [-0.4, -0.2) is 18.4 Å². The molecule has 0 bridgehead atoms. The Bertz CT molecular complexity index is 783.